The van der Waals surface area contributed by atoms with Gasteiger partial charge in [-0.3, -0.25) is 0 Å². The van der Waals surface area contributed by atoms with Crippen LogP contribution in [0, 0.1) is 17.2 Å². The maximum absolute atomic E-state index is 8.89. The maximum Gasteiger partial charge on any atom is 0.0992 e. The Hall–Kier alpha value is -1.24. The molecule has 3 nitrogen and oxygen atoms in total. The quantitative estimate of drug-likeness (QED) is 0.923. The lowest BCUT2D eigenvalue weighted by molar-refractivity contribution is 0.336. The topological polar surface area (TPSA) is 53.0 Å². The summed E-state index contributed by atoms with van der Waals surface area (Å²) < 4.78 is 0. The molecule has 4 heteroatoms. The molecule has 0 saturated carbocycles. The molecule has 0 aromatic heterocycles. The van der Waals surface area contributed by atoms with Crippen LogP contribution in [-0.4, -0.2) is 19.1 Å². The van der Waals surface area contributed by atoms with E-state index in [4.69, 9.17) is 22.6 Å². The molecule has 1 aliphatic rings. The van der Waals surface area contributed by atoms with Gasteiger partial charge in [0.05, 0.1) is 22.3 Å². The molecule has 1 aliphatic heterocycles. The van der Waals surface area contributed by atoms with Crippen molar-refractivity contribution in [1.82, 2.24) is 0 Å². The highest BCUT2D eigenvalue weighted by molar-refractivity contribution is 6.33. The lowest BCUT2D eigenvalue weighted by Crippen LogP contribution is -2.46. The Morgan fingerprint density at radius 1 is 1.53 bits per heavy atom. The van der Waals surface area contributed by atoms with Gasteiger partial charge in [0.1, 0.15) is 0 Å². The predicted molar refractivity (Wildman–Crippen MR) is 79.4 cm³/mol. The molecule has 1 aromatic rings. The van der Waals surface area contributed by atoms with Gasteiger partial charge in [-0.2, -0.15) is 5.26 Å². The molecule has 2 unspecified atom stereocenters. The normalized spacial score (nSPS) is 23.2. The van der Waals surface area contributed by atoms with E-state index < -0.39 is 0 Å². The number of benzene rings is 1. The summed E-state index contributed by atoms with van der Waals surface area (Å²) in [6, 6.07) is 7.96. The van der Waals surface area contributed by atoms with Crippen LogP contribution >= 0.6 is 11.6 Å². The molecular weight excluding hydrogens is 258 g/mol. The van der Waals surface area contributed by atoms with Crippen molar-refractivity contribution in [3.05, 3.63) is 28.8 Å². The highest BCUT2D eigenvalue weighted by atomic mass is 35.5. The number of nitrogens with zero attached hydrogens (tertiary/aromatic N) is 2. The molecule has 0 radical (unpaired) electrons. The number of rotatable bonds is 3. The molecule has 1 heterocycles. The second kappa shape index (κ2) is 6.27. The molecule has 1 fully saturated rings. The number of anilines is 1. The van der Waals surface area contributed by atoms with Crippen LogP contribution < -0.4 is 10.6 Å². The van der Waals surface area contributed by atoms with Gasteiger partial charge in [0.25, 0.3) is 0 Å². The van der Waals surface area contributed by atoms with Crippen LogP contribution in [0.2, 0.25) is 5.02 Å². The largest absolute Gasteiger partial charge is 0.366 e. The van der Waals surface area contributed by atoms with Crippen LogP contribution in [-0.2, 0) is 0 Å². The molecule has 2 rings (SSSR count). The van der Waals surface area contributed by atoms with Crippen LogP contribution in [0.15, 0.2) is 18.2 Å². The minimum absolute atomic E-state index is 0.351. The molecule has 0 bridgehead atoms. The van der Waals surface area contributed by atoms with Crippen LogP contribution in [0.1, 0.15) is 31.7 Å². The number of hydrogen-bond donors (Lipinski definition) is 1. The summed E-state index contributed by atoms with van der Waals surface area (Å²) in [6.45, 7) is 3.88. The van der Waals surface area contributed by atoms with Crippen molar-refractivity contribution in [2.24, 2.45) is 11.7 Å². The van der Waals surface area contributed by atoms with E-state index in [1.807, 2.05) is 12.1 Å². The number of hydrogen-bond acceptors (Lipinski definition) is 3. The van der Waals surface area contributed by atoms with Crippen molar-refractivity contribution in [3.8, 4) is 6.07 Å². The van der Waals surface area contributed by atoms with Crippen molar-refractivity contribution in [2.45, 2.75) is 32.2 Å². The van der Waals surface area contributed by atoms with Crippen molar-refractivity contribution >= 4 is 17.3 Å². The molecule has 1 saturated heterocycles. The highest BCUT2D eigenvalue weighted by Crippen LogP contribution is 2.34. The molecule has 102 valence electrons. The summed E-state index contributed by atoms with van der Waals surface area (Å²) in [7, 11) is 0. The molecule has 2 atom stereocenters. The Bertz CT molecular complexity index is 481. The third-order valence-corrected chi connectivity index (χ3v) is 4.36. The molecule has 0 spiro atoms. The van der Waals surface area contributed by atoms with Crippen molar-refractivity contribution < 1.29 is 0 Å². The molecule has 2 N–H and O–H groups in total. The maximum atomic E-state index is 8.89. The highest BCUT2D eigenvalue weighted by Gasteiger charge is 2.27. The lowest BCUT2D eigenvalue weighted by atomic mass is 9.88. The smallest absolute Gasteiger partial charge is 0.0992 e. The molecule has 0 aliphatic carbocycles. The fourth-order valence-corrected chi connectivity index (χ4v) is 3.14. The van der Waals surface area contributed by atoms with Crippen LogP contribution in [0.5, 0.6) is 0 Å². The Kier molecular flexibility index (Phi) is 4.68. The van der Waals surface area contributed by atoms with Gasteiger partial charge in [-0.15, -0.1) is 0 Å². The fraction of sp³-hybridized carbons (Fsp3) is 0.533. The monoisotopic (exact) mass is 277 g/mol. The summed E-state index contributed by atoms with van der Waals surface area (Å²) in [5.74, 6) is 0.766. The number of halogens is 1. The molecule has 0 amide bonds. The van der Waals surface area contributed by atoms with Gasteiger partial charge in [0, 0.05) is 19.1 Å². The Labute approximate surface area is 120 Å². The van der Waals surface area contributed by atoms with Gasteiger partial charge in [-0.1, -0.05) is 24.9 Å². The minimum atomic E-state index is 0.351. The Morgan fingerprint density at radius 3 is 2.89 bits per heavy atom. The number of nitriles is 1. The van der Waals surface area contributed by atoms with Crippen molar-refractivity contribution in [1.29, 1.82) is 5.26 Å². The van der Waals surface area contributed by atoms with Crippen LogP contribution in [0.3, 0.4) is 0 Å². The zero-order chi connectivity index (χ0) is 13.8. The van der Waals surface area contributed by atoms with Gasteiger partial charge in [-0.05, 0) is 37.0 Å². The van der Waals surface area contributed by atoms with Gasteiger partial charge in [0.2, 0.25) is 0 Å². The third kappa shape index (κ3) is 3.02. The first-order valence-electron chi connectivity index (χ1n) is 6.86. The van der Waals surface area contributed by atoms with E-state index in [-0.39, 0.29) is 0 Å². The van der Waals surface area contributed by atoms with E-state index >= 15 is 0 Å². The first kappa shape index (κ1) is 14.2. The zero-order valence-electron chi connectivity index (χ0n) is 11.3. The SMILES string of the molecule is CCC1CCN(c2ccc(C#N)cc2Cl)C(CN)C1. The average molecular weight is 278 g/mol. The summed E-state index contributed by atoms with van der Waals surface area (Å²) in [4.78, 5) is 2.30. The third-order valence-electron chi connectivity index (χ3n) is 4.06. The molecular formula is C15H20ClN3. The molecule has 1 aromatic carbocycles. The zero-order valence-corrected chi connectivity index (χ0v) is 12.0. The van der Waals surface area contributed by atoms with Gasteiger partial charge < -0.3 is 10.6 Å². The van der Waals surface area contributed by atoms with Gasteiger partial charge in [-0.25, -0.2) is 0 Å². The second-order valence-corrected chi connectivity index (χ2v) is 5.57. The van der Waals surface area contributed by atoms with E-state index in [2.05, 4.69) is 17.9 Å². The van der Waals surface area contributed by atoms with Crippen LogP contribution in [0.4, 0.5) is 5.69 Å². The fourth-order valence-electron chi connectivity index (χ4n) is 2.85. The predicted octanol–water partition coefficient (Wildman–Crippen LogP) is 3.17. The first-order valence-corrected chi connectivity index (χ1v) is 7.23. The summed E-state index contributed by atoms with van der Waals surface area (Å²) >= 11 is 6.30. The van der Waals surface area contributed by atoms with Gasteiger partial charge in [0.15, 0.2) is 0 Å². The van der Waals surface area contributed by atoms with E-state index in [9.17, 15) is 0 Å². The van der Waals surface area contributed by atoms with E-state index in [0.29, 0.717) is 23.2 Å². The van der Waals surface area contributed by atoms with Crippen LogP contribution in [0.25, 0.3) is 0 Å². The second-order valence-electron chi connectivity index (χ2n) is 5.16. The first-order chi connectivity index (χ1) is 9.19. The van der Waals surface area contributed by atoms with Crippen molar-refractivity contribution in [2.75, 3.05) is 18.0 Å². The minimum Gasteiger partial charge on any atom is -0.366 e. The summed E-state index contributed by atoms with van der Waals surface area (Å²) in [5, 5.41) is 9.53. The Morgan fingerprint density at radius 2 is 2.32 bits per heavy atom. The lowest BCUT2D eigenvalue weighted by Gasteiger charge is -2.40. The van der Waals surface area contributed by atoms with E-state index in [1.165, 1.54) is 12.8 Å². The average Bonchev–Trinajstić information content (AvgIpc) is 2.46. The van der Waals surface area contributed by atoms with E-state index in [0.717, 1.165) is 24.6 Å². The van der Waals surface area contributed by atoms with E-state index in [1.54, 1.807) is 6.07 Å². The van der Waals surface area contributed by atoms with Crippen molar-refractivity contribution in [3.63, 3.8) is 0 Å². The number of piperidine rings is 1. The molecule has 19 heavy (non-hydrogen) atoms. The standard InChI is InChI=1S/C15H20ClN3/c1-2-11-5-6-19(13(7-11)10-18)15-4-3-12(9-17)8-14(15)16/h3-4,8,11,13H,2,5-7,10,18H2,1H3. The summed E-state index contributed by atoms with van der Waals surface area (Å²) in [6.07, 6.45) is 3.53. The number of nitrogens with two attached hydrogens (primary N) is 1. The van der Waals surface area contributed by atoms with Gasteiger partial charge >= 0.3 is 0 Å². The summed E-state index contributed by atoms with van der Waals surface area (Å²) in [5.41, 5.74) is 7.52. The Balaban J connectivity index is 2.23.